The van der Waals surface area contributed by atoms with Gasteiger partial charge in [-0.25, -0.2) is 9.97 Å². The molecule has 4 rings (SSSR count). The van der Waals surface area contributed by atoms with Crippen molar-refractivity contribution < 1.29 is 9.53 Å². The summed E-state index contributed by atoms with van der Waals surface area (Å²) in [6, 6.07) is 8.18. The summed E-state index contributed by atoms with van der Waals surface area (Å²) in [6.45, 7) is 6.43. The summed E-state index contributed by atoms with van der Waals surface area (Å²) in [7, 11) is 0. The lowest BCUT2D eigenvalue weighted by Crippen LogP contribution is -2.49. The number of benzene rings is 1. The van der Waals surface area contributed by atoms with Crippen LogP contribution in [-0.2, 0) is 16.1 Å². The average Bonchev–Trinajstić information content (AvgIpc) is 3.17. The lowest BCUT2D eigenvalue weighted by Gasteiger charge is -2.32. The maximum Gasteiger partial charge on any atom is 0.240 e. The Bertz CT molecular complexity index is 787. The number of rotatable bonds is 4. The number of amides is 1. The van der Waals surface area contributed by atoms with Gasteiger partial charge in [0.15, 0.2) is 5.82 Å². The first-order chi connectivity index (χ1) is 13.2. The molecular formula is C21H26N4O2. The Labute approximate surface area is 160 Å². The topological polar surface area (TPSA) is 58.6 Å². The number of hydrogen-bond donors (Lipinski definition) is 0. The maximum atomic E-state index is 12.9. The predicted molar refractivity (Wildman–Crippen MR) is 103 cm³/mol. The van der Waals surface area contributed by atoms with E-state index in [0.29, 0.717) is 26.3 Å². The second-order valence-corrected chi connectivity index (χ2v) is 7.35. The van der Waals surface area contributed by atoms with E-state index in [1.165, 1.54) is 5.56 Å². The molecule has 0 saturated carbocycles. The molecule has 6 nitrogen and oxygen atoms in total. The molecule has 2 aliphatic rings. The van der Waals surface area contributed by atoms with Gasteiger partial charge in [-0.3, -0.25) is 9.69 Å². The summed E-state index contributed by atoms with van der Waals surface area (Å²) in [5.74, 6) is 0.984. The molecule has 1 aromatic heterocycles. The number of nitrogens with zero attached hydrogens (tertiary/aromatic N) is 4. The second kappa shape index (κ2) is 8.15. The molecule has 27 heavy (non-hydrogen) atoms. The highest BCUT2D eigenvalue weighted by atomic mass is 16.5. The molecule has 0 radical (unpaired) electrons. The maximum absolute atomic E-state index is 12.9. The van der Waals surface area contributed by atoms with Crippen molar-refractivity contribution in [2.24, 2.45) is 0 Å². The van der Waals surface area contributed by atoms with Crippen LogP contribution in [-0.4, -0.2) is 64.6 Å². The van der Waals surface area contributed by atoms with Gasteiger partial charge in [-0.15, -0.1) is 0 Å². The fraction of sp³-hybridized carbons (Fsp3) is 0.476. The molecule has 0 unspecified atom stereocenters. The van der Waals surface area contributed by atoms with E-state index in [-0.39, 0.29) is 11.9 Å². The van der Waals surface area contributed by atoms with Crippen LogP contribution in [0.3, 0.4) is 0 Å². The number of hydrogen-bond acceptors (Lipinski definition) is 5. The van der Waals surface area contributed by atoms with Crippen molar-refractivity contribution in [2.45, 2.75) is 32.4 Å². The minimum atomic E-state index is -0.0282. The van der Waals surface area contributed by atoms with Crippen molar-refractivity contribution in [1.29, 1.82) is 0 Å². The van der Waals surface area contributed by atoms with E-state index in [4.69, 9.17) is 4.74 Å². The van der Waals surface area contributed by atoms with Crippen LogP contribution in [0.5, 0.6) is 0 Å². The summed E-state index contributed by atoms with van der Waals surface area (Å²) in [5, 5.41) is 0. The molecule has 2 aromatic rings. The van der Waals surface area contributed by atoms with E-state index in [2.05, 4.69) is 33.9 Å². The third-order valence-corrected chi connectivity index (χ3v) is 5.34. The zero-order valence-electron chi connectivity index (χ0n) is 15.8. The van der Waals surface area contributed by atoms with Crippen LogP contribution in [0.15, 0.2) is 36.7 Å². The van der Waals surface area contributed by atoms with Crippen molar-refractivity contribution in [3.05, 3.63) is 47.8 Å². The Hall–Kier alpha value is -2.31. The first-order valence-electron chi connectivity index (χ1n) is 9.69. The molecule has 0 bridgehead atoms. The van der Waals surface area contributed by atoms with Crippen molar-refractivity contribution in [3.8, 4) is 11.4 Å². The number of ether oxygens (including phenoxy) is 1. The Morgan fingerprint density at radius 2 is 1.96 bits per heavy atom. The van der Waals surface area contributed by atoms with Gasteiger partial charge < -0.3 is 9.64 Å². The van der Waals surface area contributed by atoms with Crippen molar-refractivity contribution >= 4 is 5.91 Å². The van der Waals surface area contributed by atoms with E-state index in [1.807, 2.05) is 29.4 Å². The standard InChI is InChI=1S/C21H26N4O2/c1-16-4-2-5-18(12-16)20-22-13-17(14-23-20)15-25-7-3-6-19(25)21(26)24-8-10-27-11-9-24/h2,4-5,12-14,19H,3,6-11,15H2,1H3/t19-/m0/s1. The molecule has 142 valence electrons. The largest absolute Gasteiger partial charge is 0.378 e. The third kappa shape index (κ3) is 4.17. The lowest BCUT2D eigenvalue weighted by molar-refractivity contribution is -0.140. The van der Waals surface area contributed by atoms with Crippen LogP contribution in [0, 0.1) is 6.92 Å². The third-order valence-electron chi connectivity index (χ3n) is 5.34. The zero-order valence-corrected chi connectivity index (χ0v) is 15.8. The number of carbonyl (C=O) groups excluding carboxylic acids is 1. The quantitative estimate of drug-likeness (QED) is 0.831. The van der Waals surface area contributed by atoms with Gasteiger partial charge in [0.25, 0.3) is 0 Å². The van der Waals surface area contributed by atoms with Gasteiger partial charge in [0.2, 0.25) is 5.91 Å². The fourth-order valence-electron chi connectivity index (χ4n) is 3.89. The van der Waals surface area contributed by atoms with E-state index in [1.54, 1.807) is 0 Å². The van der Waals surface area contributed by atoms with Gasteiger partial charge in [0.05, 0.1) is 19.3 Å². The van der Waals surface area contributed by atoms with Gasteiger partial charge in [-0.2, -0.15) is 0 Å². The summed E-state index contributed by atoms with van der Waals surface area (Å²) in [5.41, 5.74) is 3.28. The molecule has 2 aliphatic heterocycles. The molecule has 1 atom stereocenters. The number of likely N-dealkylation sites (tertiary alicyclic amines) is 1. The molecule has 3 heterocycles. The van der Waals surface area contributed by atoms with E-state index in [9.17, 15) is 4.79 Å². The highest BCUT2D eigenvalue weighted by Gasteiger charge is 2.34. The van der Waals surface area contributed by atoms with Crippen LogP contribution >= 0.6 is 0 Å². The first-order valence-corrected chi connectivity index (χ1v) is 9.69. The minimum Gasteiger partial charge on any atom is -0.378 e. The highest BCUT2D eigenvalue weighted by molar-refractivity contribution is 5.82. The highest BCUT2D eigenvalue weighted by Crippen LogP contribution is 2.23. The summed E-state index contributed by atoms with van der Waals surface area (Å²) in [6.07, 6.45) is 5.76. The number of aromatic nitrogens is 2. The molecule has 2 saturated heterocycles. The summed E-state index contributed by atoms with van der Waals surface area (Å²) < 4.78 is 5.37. The van der Waals surface area contributed by atoms with Gasteiger partial charge in [-0.1, -0.05) is 23.8 Å². The predicted octanol–water partition coefficient (Wildman–Crippen LogP) is 2.28. The first kappa shape index (κ1) is 18.1. The Balaban J connectivity index is 1.42. The smallest absolute Gasteiger partial charge is 0.240 e. The van der Waals surface area contributed by atoms with Crippen LogP contribution in [0.25, 0.3) is 11.4 Å². The fourth-order valence-corrected chi connectivity index (χ4v) is 3.89. The van der Waals surface area contributed by atoms with E-state index < -0.39 is 0 Å². The summed E-state index contributed by atoms with van der Waals surface area (Å²) >= 11 is 0. The summed E-state index contributed by atoms with van der Waals surface area (Å²) in [4.78, 5) is 26.2. The molecule has 6 heteroatoms. The van der Waals surface area contributed by atoms with Gasteiger partial charge in [0.1, 0.15) is 0 Å². The second-order valence-electron chi connectivity index (χ2n) is 7.35. The molecule has 1 amide bonds. The van der Waals surface area contributed by atoms with Crippen LogP contribution in [0.1, 0.15) is 24.0 Å². The SMILES string of the molecule is Cc1cccc(-c2ncc(CN3CCC[C@H]3C(=O)N3CCOCC3)cn2)c1. The van der Waals surface area contributed by atoms with Crippen LogP contribution in [0.2, 0.25) is 0 Å². The number of morpholine rings is 1. The van der Waals surface area contributed by atoms with E-state index in [0.717, 1.165) is 42.9 Å². The van der Waals surface area contributed by atoms with E-state index >= 15 is 0 Å². The minimum absolute atomic E-state index is 0.0282. The molecule has 1 aromatic carbocycles. The van der Waals surface area contributed by atoms with Crippen LogP contribution in [0.4, 0.5) is 0 Å². The molecular weight excluding hydrogens is 340 g/mol. The zero-order chi connectivity index (χ0) is 18.6. The van der Waals surface area contributed by atoms with Crippen molar-refractivity contribution in [1.82, 2.24) is 19.8 Å². The molecule has 0 N–H and O–H groups in total. The Morgan fingerprint density at radius 3 is 2.70 bits per heavy atom. The number of carbonyl (C=O) groups is 1. The van der Waals surface area contributed by atoms with Crippen molar-refractivity contribution in [2.75, 3.05) is 32.8 Å². The Morgan fingerprint density at radius 1 is 1.19 bits per heavy atom. The van der Waals surface area contributed by atoms with Gasteiger partial charge in [0, 0.05) is 43.2 Å². The average molecular weight is 366 g/mol. The van der Waals surface area contributed by atoms with Crippen LogP contribution < -0.4 is 0 Å². The van der Waals surface area contributed by atoms with Gasteiger partial charge in [-0.05, 0) is 32.4 Å². The molecule has 0 aliphatic carbocycles. The monoisotopic (exact) mass is 366 g/mol. The Kier molecular flexibility index (Phi) is 5.45. The van der Waals surface area contributed by atoms with Gasteiger partial charge >= 0.3 is 0 Å². The normalized spacial score (nSPS) is 20.8. The van der Waals surface area contributed by atoms with Crippen molar-refractivity contribution in [3.63, 3.8) is 0 Å². The number of aryl methyl sites for hydroxylation is 1. The lowest BCUT2D eigenvalue weighted by atomic mass is 10.1. The molecule has 2 fully saturated rings. The molecule has 0 spiro atoms.